The monoisotopic (exact) mass is 387 g/mol. The van der Waals surface area contributed by atoms with Crippen molar-refractivity contribution in [1.29, 1.82) is 0 Å². The summed E-state index contributed by atoms with van der Waals surface area (Å²) in [7, 11) is 3.25. The zero-order valence-electron chi connectivity index (χ0n) is 16.3. The van der Waals surface area contributed by atoms with Crippen molar-refractivity contribution in [2.45, 2.75) is 6.54 Å². The molecule has 0 amide bonds. The number of benzene rings is 3. The fraction of sp³-hybridized carbons (Fsp3) is 0.130. The SMILES string of the molecule is COc1ccc(CNn2c(-c3ccc(OC)cc3)nc3ccccc3c2=O)cc1. The van der Waals surface area contributed by atoms with Crippen LogP contribution in [0.5, 0.6) is 11.5 Å². The van der Waals surface area contributed by atoms with E-state index in [1.165, 1.54) is 4.68 Å². The lowest BCUT2D eigenvalue weighted by atomic mass is 10.2. The third kappa shape index (κ3) is 3.78. The lowest BCUT2D eigenvalue weighted by molar-refractivity contribution is 0.414. The third-order valence-corrected chi connectivity index (χ3v) is 4.72. The van der Waals surface area contributed by atoms with Crippen LogP contribution < -0.4 is 20.5 Å². The normalized spacial score (nSPS) is 10.7. The van der Waals surface area contributed by atoms with E-state index in [0.717, 1.165) is 22.6 Å². The van der Waals surface area contributed by atoms with Crippen LogP contribution in [0, 0.1) is 0 Å². The summed E-state index contributed by atoms with van der Waals surface area (Å²) in [6.07, 6.45) is 0. The Morgan fingerprint density at radius 1 is 0.862 bits per heavy atom. The molecule has 0 atom stereocenters. The van der Waals surface area contributed by atoms with Gasteiger partial charge >= 0.3 is 0 Å². The molecular weight excluding hydrogens is 366 g/mol. The largest absolute Gasteiger partial charge is 0.497 e. The Morgan fingerprint density at radius 3 is 2.14 bits per heavy atom. The van der Waals surface area contributed by atoms with Crippen molar-refractivity contribution >= 4 is 10.9 Å². The summed E-state index contributed by atoms with van der Waals surface area (Å²) in [6.45, 7) is 0.465. The summed E-state index contributed by atoms with van der Waals surface area (Å²) in [5.41, 5.74) is 5.57. The zero-order chi connectivity index (χ0) is 20.2. The smallest absolute Gasteiger partial charge is 0.280 e. The van der Waals surface area contributed by atoms with Crippen LogP contribution in [0.2, 0.25) is 0 Å². The second-order valence-electron chi connectivity index (χ2n) is 6.50. The number of rotatable bonds is 6. The number of hydrogen-bond donors (Lipinski definition) is 1. The van der Waals surface area contributed by atoms with Crippen molar-refractivity contribution in [1.82, 2.24) is 9.66 Å². The molecule has 0 spiro atoms. The lowest BCUT2D eigenvalue weighted by Crippen LogP contribution is -2.31. The van der Waals surface area contributed by atoms with Crippen LogP contribution in [-0.2, 0) is 6.54 Å². The first-order valence-corrected chi connectivity index (χ1v) is 9.22. The second kappa shape index (κ2) is 8.06. The van der Waals surface area contributed by atoms with Crippen LogP contribution in [0.15, 0.2) is 77.6 Å². The van der Waals surface area contributed by atoms with Gasteiger partial charge in [0.1, 0.15) is 11.5 Å². The maximum absolute atomic E-state index is 13.2. The molecule has 29 heavy (non-hydrogen) atoms. The molecule has 1 heterocycles. The summed E-state index contributed by atoms with van der Waals surface area (Å²) in [5.74, 6) is 2.08. The van der Waals surface area contributed by atoms with Gasteiger partial charge in [-0.2, -0.15) is 0 Å². The fourth-order valence-corrected chi connectivity index (χ4v) is 3.13. The summed E-state index contributed by atoms with van der Waals surface area (Å²) in [4.78, 5) is 17.9. The van der Waals surface area contributed by atoms with Gasteiger partial charge in [0.15, 0.2) is 5.82 Å². The predicted octanol–water partition coefficient (Wildman–Crippen LogP) is 3.82. The van der Waals surface area contributed by atoms with Gasteiger partial charge in [-0.3, -0.25) is 4.79 Å². The first kappa shape index (κ1) is 18.6. The number of fused-ring (bicyclic) bond motifs is 1. The number of ether oxygens (including phenoxy) is 2. The number of nitrogens with zero attached hydrogens (tertiary/aromatic N) is 2. The topological polar surface area (TPSA) is 65.4 Å². The highest BCUT2D eigenvalue weighted by Gasteiger charge is 2.13. The minimum atomic E-state index is -0.144. The van der Waals surface area contributed by atoms with Crippen LogP contribution in [0.4, 0.5) is 0 Å². The summed E-state index contributed by atoms with van der Waals surface area (Å²) in [6, 6.07) is 22.5. The van der Waals surface area contributed by atoms with Crippen molar-refractivity contribution in [2.75, 3.05) is 19.6 Å². The summed E-state index contributed by atoms with van der Waals surface area (Å²) in [5, 5.41) is 0.562. The molecule has 3 aromatic carbocycles. The van der Waals surface area contributed by atoms with Gasteiger partial charge in [0.25, 0.3) is 5.56 Å². The molecule has 0 aliphatic heterocycles. The lowest BCUT2D eigenvalue weighted by Gasteiger charge is -2.16. The molecule has 0 aliphatic carbocycles. The van der Waals surface area contributed by atoms with Crippen molar-refractivity contribution in [2.24, 2.45) is 0 Å². The van der Waals surface area contributed by atoms with Gasteiger partial charge in [0.2, 0.25) is 0 Å². The Balaban J connectivity index is 1.76. The van der Waals surface area contributed by atoms with E-state index in [-0.39, 0.29) is 5.56 Å². The molecule has 0 unspecified atom stereocenters. The van der Waals surface area contributed by atoms with E-state index >= 15 is 0 Å². The van der Waals surface area contributed by atoms with E-state index < -0.39 is 0 Å². The predicted molar refractivity (Wildman–Crippen MR) is 114 cm³/mol. The van der Waals surface area contributed by atoms with Gasteiger partial charge in [0, 0.05) is 5.56 Å². The summed E-state index contributed by atoms with van der Waals surface area (Å²) < 4.78 is 11.9. The van der Waals surface area contributed by atoms with Gasteiger partial charge in [-0.25, -0.2) is 9.66 Å². The van der Waals surface area contributed by atoms with Crippen LogP contribution in [0.1, 0.15) is 5.56 Å². The molecule has 6 nitrogen and oxygen atoms in total. The van der Waals surface area contributed by atoms with Crippen LogP contribution >= 0.6 is 0 Å². The number of hydrogen-bond acceptors (Lipinski definition) is 5. The fourth-order valence-electron chi connectivity index (χ4n) is 3.13. The first-order valence-electron chi connectivity index (χ1n) is 9.22. The van der Waals surface area contributed by atoms with E-state index in [1.54, 1.807) is 20.3 Å². The highest BCUT2D eigenvalue weighted by Crippen LogP contribution is 2.21. The van der Waals surface area contributed by atoms with E-state index in [9.17, 15) is 4.79 Å². The molecule has 0 saturated heterocycles. The molecule has 0 fully saturated rings. The number of para-hydroxylation sites is 1. The Kier molecular flexibility index (Phi) is 5.16. The summed E-state index contributed by atoms with van der Waals surface area (Å²) >= 11 is 0. The quantitative estimate of drug-likeness (QED) is 0.545. The molecular formula is C23H21N3O3. The molecule has 4 aromatic rings. The van der Waals surface area contributed by atoms with Crippen LogP contribution in [-0.4, -0.2) is 23.9 Å². The number of methoxy groups -OCH3 is 2. The molecule has 1 aromatic heterocycles. The maximum Gasteiger partial charge on any atom is 0.280 e. The molecule has 0 bridgehead atoms. The average Bonchev–Trinajstić information content (AvgIpc) is 2.79. The van der Waals surface area contributed by atoms with E-state index in [1.807, 2.05) is 66.7 Å². The van der Waals surface area contributed by atoms with Crippen molar-refractivity contribution < 1.29 is 9.47 Å². The molecule has 0 saturated carbocycles. The first-order chi connectivity index (χ1) is 14.2. The number of nitrogens with one attached hydrogen (secondary N) is 1. The zero-order valence-corrected chi connectivity index (χ0v) is 16.3. The second-order valence-corrected chi connectivity index (χ2v) is 6.50. The van der Waals surface area contributed by atoms with Crippen molar-refractivity contribution in [3.8, 4) is 22.9 Å². The molecule has 6 heteroatoms. The molecule has 1 N–H and O–H groups in total. The molecule has 146 valence electrons. The van der Waals surface area contributed by atoms with Gasteiger partial charge in [0.05, 0.1) is 31.7 Å². The Bertz CT molecular complexity index is 1180. The minimum absolute atomic E-state index is 0.144. The molecule has 0 aliphatic rings. The Morgan fingerprint density at radius 2 is 1.48 bits per heavy atom. The van der Waals surface area contributed by atoms with E-state index in [2.05, 4.69) is 5.43 Å². The van der Waals surface area contributed by atoms with E-state index in [4.69, 9.17) is 14.5 Å². The van der Waals surface area contributed by atoms with Crippen LogP contribution in [0.3, 0.4) is 0 Å². The highest BCUT2D eigenvalue weighted by molar-refractivity contribution is 5.79. The van der Waals surface area contributed by atoms with Gasteiger partial charge in [-0.15, -0.1) is 0 Å². The van der Waals surface area contributed by atoms with Gasteiger partial charge in [-0.05, 0) is 54.1 Å². The molecule has 4 rings (SSSR count). The third-order valence-electron chi connectivity index (χ3n) is 4.72. The van der Waals surface area contributed by atoms with Crippen LogP contribution in [0.25, 0.3) is 22.3 Å². The van der Waals surface area contributed by atoms with E-state index in [0.29, 0.717) is 23.3 Å². The Labute approximate surface area is 168 Å². The number of aromatic nitrogens is 2. The molecule has 0 radical (unpaired) electrons. The Hall–Kier alpha value is -3.80. The van der Waals surface area contributed by atoms with Crippen molar-refractivity contribution in [3.05, 3.63) is 88.7 Å². The maximum atomic E-state index is 13.2. The highest BCUT2D eigenvalue weighted by atomic mass is 16.5. The van der Waals surface area contributed by atoms with Gasteiger partial charge < -0.3 is 14.9 Å². The van der Waals surface area contributed by atoms with Crippen molar-refractivity contribution in [3.63, 3.8) is 0 Å². The average molecular weight is 387 g/mol. The minimum Gasteiger partial charge on any atom is -0.497 e. The van der Waals surface area contributed by atoms with Gasteiger partial charge in [-0.1, -0.05) is 24.3 Å². The standard InChI is InChI=1S/C23H21N3O3/c1-28-18-11-7-16(8-12-18)15-24-26-22(17-9-13-19(29-2)14-10-17)25-21-6-4-3-5-20(21)23(26)27/h3-14,24H,15H2,1-2H3.